The van der Waals surface area contributed by atoms with E-state index in [1.165, 1.54) is 0 Å². The summed E-state index contributed by atoms with van der Waals surface area (Å²) in [5.41, 5.74) is -5.57. The van der Waals surface area contributed by atoms with Crippen LogP contribution in [-0.2, 0) is 47.6 Å². The zero-order valence-corrected chi connectivity index (χ0v) is 16.6. The molecule has 1 rings (SSSR count). The Morgan fingerprint density at radius 2 is 1.62 bits per heavy atom. The third kappa shape index (κ3) is 8.14. The average Bonchev–Trinajstić information content (AvgIpc) is 2.53. The predicted molar refractivity (Wildman–Crippen MR) is 86.6 cm³/mol. The standard InChI is InChI=1S/C15H21F3O10S/c1-8(19)24-7-13-14(27-10(3)21)12(26-9(2)20)6-11(28-13)4-5-25-29(22,23)15(16,17)18/h11-14H,4-7H2,1-3H3/t11-,12-,13-,14-/m1/s1. The average molecular weight is 450 g/mol. The molecule has 0 bridgehead atoms. The second-order valence-corrected chi connectivity index (χ2v) is 7.67. The molecule has 0 N–H and O–H groups in total. The van der Waals surface area contributed by atoms with Crippen LogP contribution in [0.4, 0.5) is 13.2 Å². The minimum Gasteiger partial charge on any atom is -0.463 e. The van der Waals surface area contributed by atoms with Gasteiger partial charge in [0.2, 0.25) is 0 Å². The second kappa shape index (κ2) is 10.2. The van der Waals surface area contributed by atoms with Crippen LogP contribution in [0.2, 0.25) is 0 Å². The van der Waals surface area contributed by atoms with Crippen LogP contribution < -0.4 is 0 Å². The van der Waals surface area contributed by atoms with E-state index in [4.69, 9.17) is 18.9 Å². The first-order valence-electron chi connectivity index (χ1n) is 8.32. The lowest BCUT2D eigenvalue weighted by atomic mass is 9.96. The Kier molecular flexibility index (Phi) is 8.84. The molecule has 0 aromatic heterocycles. The van der Waals surface area contributed by atoms with Crippen LogP contribution in [0.5, 0.6) is 0 Å². The fraction of sp³-hybridized carbons (Fsp3) is 0.800. The molecule has 0 spiro atoms. The van der Waals surface area contributed by atoms with Crippen molar-refractivity contribution >= 4 is 28.0 Å². The Balaban J connectivity index is 2.90. The van der Waals surface area contributed by atoms with Gasteiger partial charge in [-0.1, -0.05) is 0 Å². The van der Waals surface area contributed by atoms with E-state index >= 15 is 0 Å². The van der Waals surface area contributed by atoms with Gasteiger partial charge in [0, 0.05) is 27.2 Å². The lowest BCUT2D eigenvalue weighted by Gasteiger charge is -2.40. The highest BCUT2D eigenvalue weighted by Crippen LogP contribution is 2.29. The van der Waals surface area contributed by atoms with Crippen molar-refractivity contribution in [1.82, 2.24) is 0 Å². The smallest absolute Gasteiger partial charge is 0.463 e. The number of hydrogen-bond donors (Lipinski definition) is 0. The van der Waals surface area contributed by atoms with Crippen molar-refractivity contribution in [3.05, 3.63) is 0 Å². The molecule has 0 aromatic rings. The first kappa shape index (κ1) is 25.1. The first-order chi connectivity index (χ1) is 13.2. The van der Waals surface area contributed by atoms with E-state index in [0.717, 1.165) is 20.8 Å². The van der Waals surface area contributed by atoms with Crippen molar-refractivity contribution in [2.45, 2.75) is 63.5 Å². The highest BCUT2D eigenvalue weighted by atomic mass is 32.2. The van der Waals surface area contributed by atoms with Crippen molar-refractivity contribution in [1.29, 1.82) is 0 Å². The zero-order chi connectivity index (χ0) is 22.4. The minimum absolute atomic E-state index is 0.122. The largest absolute Gasteiger partial charge is 0.523 e. The van der Waals surface area contributed by atoms with Gasteiger partial charge in [-0.3, -0.25) is 18.6 Å². The Labute approximate surface area is 164 Å². The summed E-state index contributed by atoms with van der Waals surface area (Å²) in [4.78, 5) is 33.8. The van der Waals surface area contributed by atoms with E-state index in [0.29, 0.717) is 0 Å². The summed E-state index contributed by atoms with van der Waals surface area (Å²) in [6, 6.07) is 0. The third-order valence-electron chi connectivity index (χ3n) is 3.63. The number of carbonyl (C=O) groups excluding carboxylic acids is 3. The number of halogens is 3. The molecule has 0 aromatic carbocycles. The quantitative estimate of drug-likeness (QED) is 0.227. The summed E-state index contributed by atoms with van der Waals surface area (Å²) in [6.07, 6.45) is -4.69. The first-order valence-corrected chi connectivity index (χ1v) is 9.72. The Morgan fingerprint density at radius 1 is 1.03 bits per heavy atom. The van der Waals surface area contributed by atoms with Crippen LogP contribution in [-0.4, -0.2) is 69.5 Å². The van der Waals surface area contributed by atoms with Crippen molar-refractivity contribution in [3.63, 3.8) is 0 Å². The molecule has 4 atom stereocenters. The van der Waals surface area contributed by atoms with Gasteiger partial charge < -0.3 is 18.9 Å². The summed E-state index contributed by atoms with van der Waals surface area (Å²) in [6.45, 7) is 2.03. The highest BCUT2D eigenvalue weighted by molar-refractivity contribution is 7.87. The van der Waals surface area contributed by atoms with Gasteiger partial charge in [0.1, 0.15) is 18.8 Å². The van der Waals surface area contributed by atoms with Gasteiger partial charge in [0.25, 0.3) is 0 Å². The molecule has 1 heterocycles. The van der Waals surface area contributed by atoms with Gasteiger partial charge in [0.05, 0.1) is 12.7 Å². The number of esters is 3. The van der Waals surface area contributed by atoms with E-state index in [1.807, 2.05) is 0 Å². The Bertz CT molecular complexity index is 706. The van der Waals surface area contributed by atoms with Gasteiger partial charge in [-0.2, -0.15) is 21.6 Å². The second-order valence-electron chi connectivity index (χ2n) is 6.07. The molecule has 1 aliphatic heterocycles. The van der Waals surface area contributed by atoms with E-state index in [2.05, 4.69) is 4.18 Å². The molecule has 0 aliphatic carbocycles. The molecular formula is C15H21F3O10S. The maximum absolute atomic E-state index is 12.3. The summed E-state index contributed by atoms with van der Waals surface area (Å²) in [5, 5.41) is 0. The summed E-state index contributed by atoms with van der Waals surface area (Å²) in [5.74, 6) is -2.14. The number of rotatable bonds is 8. The normalized spacial score (nSPS) is 25.2. The molecule has 1 saturated heterocycles. The van der Waals surface area contributed by atoms with E-state index in [1.54, 1.807) is 0 Å². The van der Waals surface area contributed by atoms with Crippen molar-refractivity contribution in [2.24, 2.45) is 0 Å². The molecule has 0 saturated carbocycles. The van der Waals surface area contributed by atoms with Gasteiger partial charge in [-0.25, -0.2) is 0 Å². The van der Waals surface area contributed by atoms with E-state index in [-0.39, 0.29) is 12.8 Å². The molecule has 0 amide bonds. The molecule has 0 radical (unpaired) electrons. The highest BCUT2D eigenvalue weighted by Gasteiger charge is 2.48. The maximum Gasteiger partial charge on any atom is 0.523 e. The number of ether oxygens (including phenoxy) is 4. The summed E-state index contributed by atoms with van der Waals surface area (Å²) < 4.78 is 83.3. The van der Waals surface area contributed by atoms with Crippen LogP contribution in [0, 0.1) is 0 Å². The van der Waals surface area contributed by atoms with Crippen LogP contribution >= 0.6 is 0 Å². The number of carbonyl (C=O) groups is 3. The Morgan fingerprint density at radius 3 is 2.10 bits per heavy atom. The molecule has 1 aliphatic rings. The summed E-state index contributed by atoms with van der Waals surface area (Å²) >= 11 is 0. The molecular weight excluding hydrogens is 429 g/mol. The lowest BCUT2D eigenvalue weighted by Crippen LogP contribution is -2.53. The number of alkyl halides is 3. The van der Waals surface area contributed by atoms with Crippen molar-refractivity contribution in [3.8, 4) is 0 Å². The van der Waals surface area contributed by atoms with Crippen LogP contribution in [0.1, 0.15) is 33.6 Å². The van der Waals surface area contributed by atoms with Gasteiger partial charge >= 0.3 is 33.5 Å². The molecule has 1 fully saturated rings. The molecule has 0 unspecified atom stereocenters. The molecule has 168 valence electrons. The SMILES string of the molecule is CC(=O)OC[C@H]1O[C@H](CCOS(=O)(=O)C(F)(F)F)C[C@@H](OC(C)=O)[C@H]1OC(C)=O. The van der Waals surface area contributed by atoms with Crippen LogP contribution in [0.3, 0.4) is 0 Å². The van der Waals surface area contributed by atoms with Gasteiger partial charge in [-0.05, 0) is 6.42 Å². The third-order valence-corrected chi connectivity index (χ3v) is 4.67. The number of hydrogen-bond acceptors (Lipinski definition) is 10. The van der Waals surface area contributed by atoms with Gasteiger partial charge in [0.15, 0.2) is 6.10 Å². The molecule has 29 heavy (non-hydrogen) atoms. The minimum atomic E-state index is -5.77. The maximum atomic E-state index is 12.3. The monoisotopic (exact) mass is 450 g/mol. The van der Waals surface area contributed by atoms with E-state index < -0.39 is 71.2 Å². The predicted octanol–water partition coefficient (Wildman–Crippen LogP) is 0.827. The molecule has 14 heteroatoms. The zero-order valence-electron chi connectivity index (χ0n) is 15.8. The molecule has 10 nitrogen and oxygen atoms in total. The van der Waals surface area contributed by atoms with Crippen LogP contribution in [0.25, 0.3) is 0 Å². The van der Waals surface area contributed by atoms with Gasteiger partial charge in [-0.15, -0.1) is 0 Å². The fourth-order valence-corrected chi connectivity index (χ4v) is 3.01. The van der Waals surface area contributed by atoms with Crippen molar-refractivity contribution in [2.75, 3.05) is 13.2 Å². The summed E-state index contributed by atoms with van der Waals surface area (Å²) in [7, 11) is -5.77. The fourth-order valence-electron chi connectivity index (χ4n) is 2.56. The topological polar surface area (TPSA) is 132 Å². The Hall–Kier alpha value is -1.93. The lowest BCUT2D eigenvalue weighted by molar-refractivity contribution is -0.216. The van der Waals surface area contributed by atoms with Crippen molar-refractivity contribution < 1.29 is 59.1 Å². The van der Waals surface area contributed by atoms with Crippen LogP contribution in [0.15, 0.2) is 0 Å². The van der Waals surface area contributed by atoms with E-state index in [9.17, 15) is 36.0 Å².